The molecule has 0 amide bonds. The Bertz CT molecular complexity index is 1270. The summed E-state index contributed by atoms with van der Waals surface area (Å²) < 4.78 is 33.4. The number of sulfone groups is 1. The summed E-state index contributed by atoms with van der Waals surface area (Å²) >= 11 is 8.08. The van der Waals surface area contributed by atoms with Gasteiger partial charge < -0.3 is 9.73 Å². The van der Waals surface area contributed by atoms with Crippen molar-refractivity contribution in [3.05, 3.63) is 93.0 Å². The first-order chi connectivity index (χ1) is 14.4. The Kier molecular flexibility index (Phi) is 6.12. The zero-order chi connectivity index (χ0) is 21.1. The molecule has 8 heteroatoms. The predicted octanol–water partition coefficient (Wildman–Crippen LogP) is 6.04. The maximum Gasteiger partial charge on any atom is 0.234 e. The summed E-state index contributed by atoms with van der Waals surface area (Å²) in [7, 11) is -3.92. The number of aromatic nitrogens is 1. The van der Waals surface area contributed by atoms with E-state index in [9.17, 15) is 8.42 Å². The number of benzene rings is 3. The fraction of sp³-hybridized carbons (Fsp3) is 0.0455. The van der Waals surface area contributed by atoms with Gasteiger partial charge in [0.2, 0.25) is 26.6 Å². The Balaban J connectivity index is 1.79. The normalized spacial score (nSPS) is 11.4. The van der Waals surface area contributed by atoms with Crippen LogP contribution in [-0.2, 0) is 16.4 Å². The number of nitrogens with one attached hydrogen (secondary N) is 1. The lowest BCUT2D eigenvalue weighted by Crippen LogP contribution is -2.07. The number of hydrogen-bond acceptors (Lipinski definition) is 5. The molecule has 0 atom stereocenters. The lowest BCUT2D eigenvalue weighted by atomic mass is 10.2. The Hall–Kier alpha value is -2.36. The standard InChI is InChI=1S/C22H16ClIN2O3S/c23-16-10-12-17(13-11-16)30(27,28)22-21(25-14-15-6-2-1-3-7-15)29-20(26-22)18-8-4-5-9-19(18)24/h1-13,25H,14H2. The molecular weight excluding hydrogens is 535 g/mol. The molecule has 5 nitrogen and oxygen atoms in total. The summed E-state index contributed by atoms with van der Waals surface area (Å²) in [5.41, 5.74) is 1.71. The summed E-state index contributed by atoms with van der Waals surface area (Å²) in [5, 5.41) is 3.39. The summed E-state index contributed by atoms with van der Waals surface area (Å²) in [6, 6.07) is 23.1. The number of oxazole rings is 1. The van der Waals surface area contributed by atoms with E-state index >= 15 is 0 Å². The molecule has 4 aromatic rings. The zero-order valence-electron chi connectivity index (χ0n) is 15.5. The van der Waals surface area contributed by atoms with Gasteiger partial charge in [0.15, 0.2) is 0 Å². The van der Waals surface area contributed by atoms with E-state index in [0.717, 1.165) is 14.7 Å². The second-order valence-electron chi connectivity index (χ2n) is 6.43. The average molecular weight is 551 g/mol. The second-order valence-corrected chi connectivity index (χ2v) is 9.89. The first-order valence-corrected chi connectivity index (χ1v) is 11.9. The number of hydrogen-bond donors (Lipinski definition) is 1. The maximum absolute atomic E-state index is 13.3. The van der Waals surface area contributed by atoms with Gasteiger partial charge in [-0.15, -0.1) is 0 Å². The van der Waals surface area contributed by atoms with E-state index in [1.165, 1.54) is 24.3 Å². The molecule has 30 heavy (non-hydrogen) atoms. The molecule has 0 fully saturated rings. The third kappa shape index (κ3) is 4.38. The highest BCUT2D eigenvalue weighted by Crippen LogP contribution is 2.34. The highest BCUT2D eigenvalue weighted by molar-refractivity contribution is 14.1. The van der Waals surface area contributed by atoms with Crippen molar-refractivity contribution in [3.63, 3.8) is 0 Å². The Morgan fingerprint density at radius 2 is 1.60 bits per heavy atom. The summed E-state index contributed by atoms with van der Waals surface area (Å²) in [5.74, 6) is 0.339. The number of anilines is 1. The van der Waals surface area contributed by atoms with Crippen molar-refractivity contribution < 1.29 is 12.8 Å². The third-order valence-electron chi connectivity index (χ3n) is 4.37. The van der Waals surface area contributed by atoms with Gasteiger partial charge in [0.1, 0.15) is 0 Å². The topological polar surface area (TPSA) is 72.2 Å². The van der Waals surface area contributed by atoms with Gasteiger partial charge >= 0.3 is 0 Å². The molecule has 0 bridgehead atoms. The minimum Gasteiger partial charge on any atom is -0.419 e. The monoisotopic (exact) mass is 550 g/mol. The lowest BCUT2D eigenvalue weighted by Gasteiger charge is -2.06. The fourth-order valence-corrected chi connectivity index (χ4v) is 4.88. The second kappa shape index (κ2) is 8.79. The van der Waals surface area contributed by atoms with Crippen LogP contribution in [0.3, 0.4) is 0 Å². The molecule has 1 heterocycles. The first kappa shape index (κ1) is 20.9. The van der Waals surface area contributed by atoms with Gasteiger partial charge in [0.05, 0.1) is 10.5 Å². The van der Waals surface area contributed by atoms with Gasteiger partial charge in [-0.05, 0) is 64.6 Å². The predicted molar refractivity (Wildman–Crippen MR) is 125 cm³/mol. The Labute approximate surface area is 193 Å². The first-order valence-electron chi connectivity index (χ1n) is 8.99. The zero-order valence-corrected chi connectivity index (χ0v) is 19.3. The van der Waals surface area contributed by atoms with E-state index in [1.807, 2.05) is 54.6 Å². The fourth-order valence-electron chi connectivity index (χ4n) is 2.85. The highest BCUT2D eigenvalue weighted by Gasteiger charge is 2.29. The molecule has 3 aromatic carbocycles. The van der Waals surface area contributed by atoms with Crippen molar-refractivity contribution in [2.75, 3.05) is 5.32 Å². The van der Waals surface area contributed by atoms with Crippen LogP contribution in [0.2, 0.25) is 5.02 Å². The van der Waals surface area contributed by atoms with Gasteiger partial charge in [-0.3, -0.25) is 0 Å². The summed E-state index contributed by atoms with van der Waals surface area (Å²) in [6.07, 6.45) is 0. The van der Waals surface area contributed by atoms with Crippen LogP contribution in [0.5, 0.6) is 0 Å². The minimum atomic E-state index is -3.92. The average Bonchev–Trinajstić information content (AvgIpc) is 3.18. The molecule has 1 aromatic heterocycles. The maximum atomic E-state index is 13.3. The summed E-state index contributed by atoms with van der Waals surface area (Å²) in [4.78, 5) is 4.46. The van der Waals surface area contributed by atoms with Gasteiger partial charge in [-0.2, -0.15) is 4.98 Å². The molecule has 0 aliphatic heterocycles. The number of rotatable bonds is 6. The molecule has 4 rings (SSSR count). The molecule has 0 aliphatic carbocycles. The molecule has 0 aliphatic rings. The molecule has 0 radical (unpaired) electrons. The van der Waals surface area contributed by atoms with E-state index in [0.29, 0.717) is 11.6 Å². The van der Waals surface area contributed by atoms with Crippen LogP contribution < -0.4 is 5.32 Å². The van der Waals surface area contributed by atoms with Crippen molar-refractivity contribution in [2.24, 2.45) is 0 Å². The van der Waals surface area contributed by atoms with Crippen molar-refractivity contribution in [1.82, 2.24) is 4.98 Å². The number of halogens is 2. The molecule has 0 saturated carbocycles. The minimum absolute atomic E-state index is 0.0947. The molecule has 0 spiro atoms. The summed E-state index contributed by atoms with van der Waals surface area (Å²) in [6.45, 7) is 0.393. The van der Waals surface area contributed by atoms with E-state index in [4.69, 9.17) is 16.0 Å². The van der Waals surface area contributed by atoms with Crippen LogP contribution in [0, 0.1) is 3.57 Å². The largest absolute Gasteiger partial charge is 0.419 e. The lowest BCUT2D eigenvalue weighted by molar-refractivity contribution is 0.576. The van der Waals surface area contributed by atoms with Crippen LogP contribution in [-0.4, -0.2) is 13.4 Å². The van der Waals surface area contributed by atoms with Crippen LogP contribution in [0.4, 0.5) is 5.88 Å². The van der Waals surface area contributed by atoms with E-state index < -0.39 is 9.84 Å². The number of nitrogens with zero attached hydrogens (tertiary/aromatic N) is 1. The van der Waals surface area contributed by atoms with E-state index in [2.05, 4.69) is 32.9 Å². The quantitative estimate of drug-likeness (QED) is 0.296. The van der Waals surface area contributed by atoms with Crippen molar-refractivity contribution in [1.29, 1.82) is 0 Å². The van der Waals surface area contributed by atoms with Crippen molar-refractivity contribution in [3.8, 4) is 11.5 Å². The third-order valence-corrected chi connectivity index (χ3v) is 7.25. The molecular formula is C22H16ClIN2O3S. The molecule has 0 unspecified atom stereocenters. The molecule has 152 valence electrons. The Morgan fingerprint density at radius 3 is 2.30 bits per heavy atom. The van der Waals surface area contributed by atoms with Crippen LogP contribution in [0.25, 0.3) is 11.5 Å². The smallest absolute Gasteiger partial charge is 0.234 e. The molecule has 0 saturated heterocycles. The van der Waals surface area contributed by atoms with Gasteiger partial charge in [0.25, 0.3) is 0 Å². The van der Waals surface area contributed by atoms with Gasteiger partial charge in [0, 0.05) is 15.1 Å². The van der Waals surface area contributed by atoms with Crippen LogP contribution >= 0.6 is 34.2 Å². The van der Waals surface area contributed by atoms with Crippen molar-refractivity contribution >= 4 is 49.9 Å². The SMILES string of the molecule is O=S(=O)(c1ccc(Cl)cc1)c1nc(-c2ccccc2I)oc1NCc1ccccc1. The van der Waals surface area contributed by atoms with Crippen LogP contribution in [0.1, 0.15) is 5.56 Å². The van der Waals surface area contributed by atoms with E-state index in [-0.39, 0.29) is 21.7 Å². The van der Waals surface area contributed by atoms with Crippen LogP contribution in [0.15, 0.2) is 93.2 Å². The highest BCUT2D eigenvalue weighted by atomic mass is 127. The Morgan fingerprint density at radius 1 is 0.933 bits per heavy atom. The van der Waals surface area contributed by atoms with Crippen molar-refractivity contribution in [2.45, 2.75) is 16.5 Å². The van der Waals surface area contributed by atoms with Gasteiger partial charge in [-0.25, -0.2) is 8.42 Å². The van der Waals surface area contributed by atoms with E-state index in [1.54, 1.807) is 0 Å². The molecule has 1 N–H and O–H groups in total. The van der Waals surface area contributed by atoms with Gasteiger partial charge in [-0.1, -0.05) is 54.1 Å².